The number of ether oxygens (including phenoxy) is 2. The van der Waals surface area contributed by atoms with Gasteiger partial charge in [0.05, 0.1) is 0 Å². The molecule has 0 aromatic heterocycles. The summed E-state index contributed by atoms with van der Waals surface area (Å²) < 4.78 is 11.0. The number of nitrogens with one attached hydrogen (secondary N) is 1. The third kappa shape index (κ3) is 5.50. The molecular weight excluding hydrogens is 304 g/mol. The fraction of sp³-hybridized carbons (Fsp3) is 0.316. The minimum atomic E-state index is -0.536. The zero-order valence-corrected chi connectivity index (χ0v) is 14.6. The molecule has 0 heterocycles. The van der Waals surface area contributed by atoms with Crippen molar-refractivity contribution in [1.82, 2.24) is 5.32 Å². The fourth-order valence-corrected chi connectivity index (χ4v) is 2.02. The quantitative estimate of drug-likeness (QED) is 0.816. The molecule has 0 saturated heterocycles. The summed E-state index contributed by atoms with van der Waals surface area (Å²) in [5.41, 5.74) is 7.96. The van der Waals surface area contributed by atoms with Crippen LogP contribution in [0.15, 0.2) is 42.5 Å². The zero-order valence-electron chi connectivity index (χ0n) is 14.6. The van der Waals surface area contributed by atoms with Gasteiger partial charge in [0.15, 0.2) is 0 Å². The van der Waals surface area contributed by atoms with E-state index in [0.29, 0.717) is 11.4 Å². The van der Waals surface area contributed by atoms with Crippen molar-refractivity contribution in [3.8, 4) is 11.5 Å². The van der Waals surface area contributed by atoms with Crippen molar-refractivity contribution in [1.29, 1.82) is 0 Å². The summed E-state index contributed by atoms with van der Waals surface area (Å²) in [5.74, 6) is 1.41. The average Bonchev–Trinajstić information content (AvgIpc) is 2.48. The van der Waals surface area contributed by atoms with Crippen molar-refractivity contribution >= 4 is 11.8 Å². The van der Waals surface area contributed by atoms with E-state index >= 15 is 0 Å². The van der Waals surface area contributed by atoms with E-state index < -0.39 is 11.7 Å². The molecule has 0 unspecified atom stereocenters. The van der Waals surface area contributed by atoms with E-state index in [9.17, 15) is 4.79 Å². The first-order chi connectivity index (χ1) is 11.2. The lowest BCUT2D eigenvalue weighted by atomic mass is 10.1. The van der Waals surface area contributed by atoms with Gasteiger partial charge in [-0.05, 0) is 63.6 Å². The van der Waals surface area contributed by atoms with Crippen LogP contribution in [0.3, 0.4) is 0 Å². The summed E-state index contributed by atoms with van der Waals surface area (Å²) in [7, 11) is 0. The molecule has 128 valence electrons. The maximum atomic E-state index is 11.7. The summed E-state index contributed by atoms with van der Waals surface area (Å²) >= 11 is 0. The van der Waals surface area contributed by atoms with E-state index in [1.165, 1.54) is 5.56 Å². The van der Waals surface area contributed by atoms with Crippen LogP contribution in [0.4, 0.5) is 10.5 Å². The number of nitrogen functional groups attached to an aromatic ring is 1. The van der Waals surface area contributed by atoms with Crippen molar-refractivity contribution in [2.24, 2.45) is 0 Å². The highest BCUT2D eigenvalue weighted by Gasteiger charge is 2.16. The Bertz CT molecular complexity index is 704. The number of benzene rings is 2. The molecule has 24 heavy (non-hydrogen) atoms. The van der Waals surface area contributed by atoms with Gasteiger partial charge < -0.3 is 20.5 Å². The monoisotopic (exact) mass is 328 g/mol. The van der Waals surface area contributed by atoms with E-state index in [4.69, 9.17) is 15.2 Å². The first-order valence-corrected chi connectivity index (χ1v) is 7.83. The number of alkyl carbamates (subject to hydrolysis) is 1. The topological polar surface area (TPSA) is 73.6 Å². The predicted molar refractivity (Wildman–Crippen MR) is 95.2 cm³/mol. The SMILES string of the molecule is Cc1ccc(Oc2ccc(N)c(CNC(=O)OC(C)(C)C)c2)cc1. The second kappa shape index (κ2) is 7.25. The number of anilines is 1. The summed E-state index contributed by atoms with van der Waals surface area (Å²) in [5, 5.41) is 2.70. The minimum absolute atomic E-state index is 0.270. The Morgan fingerprint density at radius 2 is 1.71 bits per heavy atom. The van der Waals surface area contributed by atoms with Crippen molar-refractivity contribution in [3.63, 3.8) is 0 Å². The van der Waals surface area contributed by atoms with Gasteiger partial charge >= 0.3 is 6.09 Å². The number of carbonyl (C=O) groups excluding carboxylic acids is 1. The highest BCUT2D eigenvalue weighted by molar-refractivity contribution is 5.68. The largest absolute Gasteiger partial charge is 0.457 e. The third-order valence-electron chi connectivity index (χ3n) is 3.19. The molecule has 0 atom stereocenters. The van der Waals surface area contributed by atoms with Crippen LogP contribution in [0, 0.1) is 6.92 Å². The summed E-state index contributed by atoms with van der Waals surface area (Å²) in [4.78, 5) is 11.7. The Hall–Kier alpha value is -2.69. The standard InChI is InChI=1S/C19H24N2O3/c1-13-5-7-15(8-6-13)23-16-9-10-17(20)14(11-16)12-21-18(22)24-19(2,3)4/h5-11H,12,20H2,1-4H3,(H,21,22). The molecule has 5 heteroatoms. The van der Waals surface area contributed by atoms with Crippen LogP contribution in [-0.2, 0) is 11.3 Å². The number of amides is 1. The van der Waals surface area contributed by atoms with Crippen molar-refractivity contribution in [2.75, 3.05) is 5.73 Å². The Balaban J connectivity index is 2.03. The van der Waals surface area contributed by atoms with E-state index in [2.05, 4.69) is 5.32 Å². The number of hydrogen-bond acceptors (Lipinski definition) is 4. The number of carbonyl (C=O) groups is 1. The van der Waals surface area contributed by atoms with Gasteiger partial charge in [-0.25, -0.2) is 4.79 Å². The molecule has 0 aliphatic heterocycles. The van der Waals surface area contributed by atoms with Gasteiger partial charge in [0.25, 0.3) is 0 Å². The van der Waals surface area contributed by atoms with Gasteiger partial charge in [-0.1, -0.05) is 17.7 Å². The molecule has 0 radical (unpaired) electrons. The number of aryl methyl sites for hydroxylation is 1. The Kier molecular flexibility index (Phi) is 5.34. The van der Waals surface area contributed by atoms with Gasteiger partial charge in [-0.15, -0.1) is 0 Å². The molecule has 0 fully saturated rings. The van der Waals surface area contributed by atoms with Crippen LogP contribution in [0.5, 0.6) is 11.5 Å². The van der Waals surface area contributed by atoms with Gasteiger partial charge in [-0.2, -0.15) is 0 Å². The molecule has 3 N–H and O–H groups in total. The van der Waals surface area contributed by atoms with Crippen molar-refractivity contribution in [2.45, 2.75) is 39.8 Å². The first kappa shape index (κ1) is 17.7. The molecule has 0 bridgehead atoms. The molecule has 0 spiro atoms. The minimum Gasteiger partial charge on any atom is -0.457 e. The van der Waals surface area contributed by atoms with E-state index in [1.807, 2.05) is 58.0 Å². The molecule has 1 amide bonds. The highest BCUT2D eigenvalue weighted by atomic mass is 16.6. The Morgan fingerprint density at radius 1 is 1.08 bits per heavy atom. The van der Waals surface area contributed by atoms with Crippen LogP contribution in [0.1, 0.15) is 31.9 Å². The molecule has 5 nitrogen and oxygen atoms in total. The van der Waals surface area contributed by atoms with E-state index in [1.54, 1.807) is 12.1 Å². The van der Waals surface area contributed by atoms with Crippen molar-refractivity contribution in [3.05, 3.63) is 53.6 Å². The van der Waals surface area contributed by atoms with E-state index in [0.717, 1.165) is 11.3 Å². The highest BCUT2D eigenvalue weighted by Crippen LogP contribution is 2.25. The van der Waals surface area contributed by atoms with Gasteiger partial charge in [0.1, 0.15) is 17.1 Å². The summed E-state index contributed by atoms with van der Waals surface area (Å²) in [6.45, 7) is 7.74. The van der Waals surface area contributed by atoms with Crippen LogP contribution < -0.4 is 15.8 Å². The molecule has 2 aromatic rings. The zero-order chi connectivity index (χ0) is 17.7. The Labute approximate surface area is 142 Å². The molecular formula is C19H24N2O3. The van der Waals surface area contributed by atoms with Gasteiger partial charge in [-0.3, -0.25) is 0 Å². The summed E-state index contributed by atoms with van der Waals surface area (Å²) in [6, 6.07) is 13.2. The predicted octanol–water partition coefficient (Wildman–Crippen LogP) is 4.39. The van der Waals surface area contributed by atoms with Crippen LogP contribution in [-0.4, -0.2) is 11.7 Å². The van der Waals surface area contributed by atoms with Crippen LogP contribution >= 0.6 is 0 Å². The van der Waals surface area contributed by atoms with Gasteiger partial charge in [0.2, 0.25) is 0 Å². The lowest BCUT2D eigenvalue weighted by Gasteiger charge is -2.20. The molecule has 2 rings (SSSR count). The van der Waals surface area contributed by atoms with Crippen molar-refractivity contribution < 1.29 is 14.3 Å². The first-order valence-electron chi connectivity index (χ1n) is 7.83. The lowest BCUT2D eigenvalue weighted by Crippen LogP contribution is -2.32. The molecule has 2 aromatic carbocycles. The van der Waals surface area contributed by atoms with Crippen LogP contribution in [0.25, 0.3) is 0 Å². The normalized spacial score (nSPS) is 11.0. The number of rotatable bonds is 4. The smallest absolute Gasteiger partial charge is 0.407 e. The lowest BCUT2D eigenvalue weighted by molar-refractivity contribution is 0.0523. The maximum Gasteiger partial charge on any atom is 0.407 e. The molecule has 0 aliphatic carbocycles. The number of hydrogen-bond donors (Lipinski definition) is 2. The second-order valence-electron chi connectivity index (χ2n) is 6.63. The van der Waals surface area contributed by atoms with Gasteiger partial charge in [0, 0.05) is 12.2 Å². The Morgan fingerprint density at radius 3 is 2.33 bits per heavy atom. The summed E-state index contributed by atoms with van der Waals surface area (Å²) in [6.07, 6.45) is -0.480. The molecule has 0 saturated carbocycles. The van der Waals surface area contributed by atoms with E-state index in [-0.39, 0.29) is 6.54 Å². The average molecular weight is 328 g/mol. The number of nitrogens with two attached hydrogens (primary N) is 1. The molecule has 0 aliphatic rings. The second-order valence-corrected chi connectivity index (χ2v) is 6.63. The maximum absolute atomic E-state index is 11.7. The fourth-order valence-electron chi connectivity index (χ4n) is 2.02. The third-order valence-corrected chi connectivity index (χ3v) is 3.19. The van der Waals surface area contributed by atoms with Crippen LogP contribution in [0.2, 0.25) is 0 Å².